The number of hydrogen-bond acceptors (Lipinski definition) is 3. The Balaban J connectivity index is 1.49. The van der Waals surface area contributed by atoms with Crippen LogP contribution in [0.5, 0.6) is 0 Å². The van der Waals surface area contributed by atoms with Gasteiger partial charge in [-0.25, -0.2) is 4.98 Å². The van der Waals surface area contributed by atoms with Gasteiger partial charge in [-0.3, -0.25) is 0 Å². The largest absolute Gasteiger partial charge is 0.463 e. The van der Waals surface area contributed by atoms with Crippen LogP contribution in [0.4, 0.5) is 0 Å². The molecule has 0 saturated carbocycles. The van der Waals surface area contributed by atoms with E-state index in [0.717, 1.165) is 29.4 Å². The third kappa shape index (κ3) is 4.18. The van der Waals surface area contributed by atoms with Crippen molar-refractivity contribution in [1.29, 1.82) is 0 Å². The van der Waals surface area contributed by atoms with Crippen molar-refractivity contribution in [2.45, 2.75) is 25.9 Å². The first-order chi connectivity index (χ1) is 13.3. The molecular formula is C23H23N2OS+. The van der Waals surface area contributed by atoms with Gasteiger partial charge in [-0.2, -0.15) is 0 Å². The van der Waals surface area contributed by atoms with Gasteiger partial charge in [0.15, 0.2) is 11.8 Å². The molecule has 2 heterocycles. The lowest BCUT2D eigenvalue weighted by Crippen LogP contribution is -2.83. The van der Waals surface area contributed by atoms with Crippen LogP contribution in [0.15, 0.2) is 82.8 Å². The molecule has 0 amide bonds. The highest BCUT2D eigenvalue weighted by molar-refractivity contribution is 7.13. The zero-order chi connectivity index (χ0) is 18.5. The van der Waals surface area contributed by atoms with Crippen molar-refractivity contribution < 1.29 is 9.73 Å². The molecule has 0 aliphatic carbocycles. The number of furan rings is 1. The minimum Gasteiger partial charge on any atom is -0.463 e. The van der Waals surface area contributed by atoms with E-state index >= 15 is 0 Å². The molecule has 0 bridgehead atoms. The second-order valence-corrected chi connectivity index (χ2v) is 7.40. The van der Waals surface area contributed by atoms with E-state index in [2.05, 4.69) is 66.2 Å². The summed E-state index contributed by atoms with van der Waals surface area (Å²) in [6.45, 7) is 2.98. The number of nitrogens with zero attached hydrogens (tertiary/aromatic N) is 1. The predicted octanol–water partition coefficient (Wildman–Crippen LogP) is 4.82. The summed E-state index contributed by atoms with van der Waals surface area (Å²) in [4.78, 5) is 4.84. The molecule has 4 aromatic rings. The predicted molar refractivity (Wildman–Crippen MR) is 110 cm³/mol. The Morgan fingerprint density at radius 2 is 1.81 bits per heavy atom. The maximum absolute atomic E-state index is 5.69. The summed E-state index contributed by atoms with van der Waals surface area (Å²) in [6.07, 6.45) is 2.80. The Bertz CT molecular complexity index is 959. The molecule has 0 saturated heterocycles. The number of benzene rings is 2. The molecular weight excluding hydrogens is 352 g/mol. The van der Waals surface area contributed by atoms with Gasteiger partial charge < -0.3 is 9.73 Å². The molecule has 0 spiro atoms. The third-order valence-corrected chi connectivity index (χ3v) is 5.67. The number of aryl methyl sites for hydroxylation is 1. The average molecular weight is 376 g/mol. The fourth-order valence-electron chi connectivity index (χ4n) is 3.20. The first kappa shape index (κ1) is 17.7. The molecule has 1 atom stereocenters. The molecule has 0 aliphatic heterocycles. The summed E-state index contributed by atoms with van der Waals surface area (Å²) in [5.41, 5.74) is 4.88. The normalized spacial score (nSPS) is 12.2. The molecule has 2 aromatic carbocycles. The van der Waals surface area contributed by atoms with Gasteiger partial charge in [0.1, 0.15) is 17.2 Å². The molecule has 2 N–H and O–H groups in total. The molecule has 2 aromatic heterocycles. The van der Waals surface area contributed by atoms with Crippen molar-refractivity contribution in [3.8, 4) is 10.6 Å². The number of hydrogen-bond donors (Lipinski definition) is 1. The molecule has 27 heavy (non-hydrogen) atoms. The Morgan fingerprint density at radius 3 is 2.52 bits per heavy atom. The Labute approximate surface area is 163 Å². The summed E-state index contributed by atoms with van der Waals surface area (Å²) in [6, 6.07) is 23.3. The smallest absolute Gasteiger partial charge is 0.170 e. The van der Waals surface area contributed by atoms with Crippen molar-refractivity contribution >= 4 is 11.3 Å². The van der Waals surface area contributed by atoms with E-state index in [1.165, 1.54) is 16.7 Å². The summed E-state index contributed by atoms with van der Waals surface area (Å²) >= 11 is 1.71. The number of aromatic nitrogens is 1. The summed E-state index contributed by atoms with van der Waals surface area (Å²) in [5.74, 6) is 0.965. The zero-order valence-electron chi connectivity index (χ0n) is 15.3. The fraction of sp³-hybridized carbons (Fsp3) is 0.174. The van der Waals surface area contributed by atoms with Crippen LogP contribution in [0.25, 0.3) is 10.6 Å². The third-order valence-electron chi connectivity index (χ3n) is 4.73. The molecule has 136 valence electrons. The molecule has 0 radical (unpaired) electrons. The summed E-state index contributed by atoms with van der Waals surface area (Å²) in [5, 5.41) is 5.52. The van der Waals surface area contributed by atoms with Gasteiger partial charge in [0, 0.05) is 16.5 Å². The lowest BCUT2D eigenvalue weighted by molar-refractivity contribution is -0.704. The lowest BCUT2D eigenvalue weighted by atomic mass is 10.0. The second-order valence-electron chi connectivity index (χ2n) is 6.54. The minimum absolute atomic E-state index is 0.134. The van der Waals surface area contributed by atoms with E-state index in [4.69, 9.17) is 9.40 Å². The van der Waals surface area contributed by atoms with Crippen LogP contribution in [0.2, 0.25) is 0 Å². The van der Waals surface area contributed by atoms with Crippen LogP contribution in [-0.2, 0) is 13.0 Å². The van der Waals surface area contributed by atoms with Gasteiger partial charge in [-0.1, -0.05) is 61.5 Å². The average Bonchev–Trinajstić information content (AvgIpc) is 3.42. The number of rotatable bonds is 7. The maximum Gasteiger partial charge on any atom is 0.170 e. The Hall–Kier alpha value is -2.69. The van der Waals surface area contributed by atoms with Crippen LogP contribution >= 0.6 is 11.3 Å². The first-order valence-electron chi connectivity index (χ1n) is 9.29. The number of quaternary nitrogens is 1. The monoisotopic (exact) mass is 375 g/mol. The maximum atomic E-state index is 5.69. The van der Waals surface area contributed by atoms with E-state index in [9.17, 15) is 0 Å². The van der Waals surface area contributed by atoms with E-state index in [-0.39, 0.29) is 6.04 Å². The SMILES string of the molecule is CCc1ccc(-c2nc(C[NH2+][C@@H](c3ccccc3)c3ccco3)cs2)cc1. The van der Waals surface area contributed by atoms with Crippen LogP contribution in [0.3, 0.4) is 0 Å². The lowest BCUT2D eigenvalue weighted by Gasteiger charge is -2.13. The molecule has 3 nitrogen and oxygen atoms in total. The summed E-state index contributed by atoms with van der Waals surface area (Å²) in [7, 11) is 0. The standard InChI is InChI=1S/C23H22N2OS/c1-2-17-10-12-19(13-11-17)23-25-20(16-27-23)15-24-22(21-9-6-14-26-21)18-7-4-3-5-8-18/h3-14,16,22,24H,2,15H2,1H3/p+1/t22-/m0/s1. The zero-order valence-corrected chi connectivity index (χ0v) is 16.2. The second kappa shape index (κ2) is 8.33. The first-order valence-corrected chi connectivity index (χ1v) is 10.2. The Kier molecular flexibility index (Phi) is 5.47. The van der Waals surface area contributed by atoms with Crippen molar-refractivity contribution in [3.05, 3.63) is 101 Å². The molecule has 0 unspecified atom stereocenters. The minimum atomic E-state index is 0.134. The van der Waals surface area contributed by atoms with Crippen molar-refractivity contribution in [2.24, 2.45) is 0 Å². The van der Waals surface area contributed by atoms with Gasteiger partial charge >= 0.3 is 0 Å². The van der Waals surface area contributed by atoms with Gasteiger partial charge in [-0.05, 0) is 24.1 Å². The molecule has 0 fully saturated rings. The van der Waals surface area contributed by atoms with Crippen molar-refractivity contribution in [2.75, 3.05) is 0 Å². The van der Waals surface area contributed by atoms with Gasteiger partial charge in [0.05, 0.1) is 6.26 Å². The fourth-order valence-corrected chi connectivity index (χ4v) is 4.04. The molecule has 0 aliphatic rings. The van der Waals surface area contributed by atoms with Crippen molar-refractivity contribution in [1.82, 2.24) is 4.98 Å². The summed E-state index contributed by atoms with van der Waals surface area (Å²) < 4.78 is 5.69. The topological polar surface area (TPSA) is 42.6 Å². The Morgan fingerprint density at radius 1 is 1.00 bits per heavy atom. The van der Waals surface area contributed by atoms with Gasteiger partial charge in [-0.15, -0.1) is 11.3 Å². The van der Waals surface area contributed by atoms with Gasteiger partial charge in [0.2, 0.25) is 0 Å². The van der Waals surface area contributed by atoms with Crippen LogP contribution < -0.4 is 5.32 Å². The van der Waals surface area contributed by atoms with E-state index in [0.29, 0.717) is 0 Å². The van der Waals surface area contributed by atoms with E-state index < -0.39 is 0 Å². The van der Waals surface area contributed by atoms with Crippen molar-refractivity contribution in [3.63, 3.8) is 0 Å². The van der Waals surface area contributed by atoms with E-state index in [1.54, 1.807) is 17.6 Å². The quantitative estimate of drug-likeness (QED) is 0.503. The number of nitrogens with two attached hydrogens (primary N) is 1. The number of thiazole rings is 1. The highest BCUT2D eigenvalue weighted by atomic mass is 32.1. The van der Waals surface area contributed by atoms with Crippen LogP contribution in [-0.4, -0.2) is 4.98 Å². The molecule has 4 rings (SSSR count). The van der Waals surface area contributed by atoms with E-state index in [1.807, 2.05) is 18.2 Å². The highest BCUT2D eigenvalue weighted by Gasteiger charge is 2.20. The van der Waals surface area contributed by atoms with Crippen LogP contribution in [0, 0.1) is 0 Å². The molecule has 4 heteroatoms. The van der Waals surface area contributed by atoms with Crippen LogP contribution in [0.1, 0.15) is 35.5 Å². The van der Waals surface area contributed by atoms with Gasteiger partial charge in [0.25, 0.3) is 0 Å². The highest BCUT2D eigenvalue weighted by Crippen LogP contribution is 2.24.